The number of aliphatic hydroxyl groups is 1. The monoisotopic (exact) mass is 291 g/mol. The highest BCUT2D eigenvalue weighted by atomic mass is 32.1. The van der Waals surface area contributed by atoms with E-state index in [0.29, 0.717) is 18.5 Å². The van der Waals surface area contributed by atoms with Gasteiger partial charge in [0, 0.05) is 16.7 Å². The topological polar surface area (TPSA) is 49.3 Å². The molecule has 0 bridgehead atoms. The summed E-state index contributed by atoms with van der Waals surface area (Å²) >= 11 is 3.06. The first-order chi connectivity index (χ1) is 9.29. The first kappa shape index (κ1) is 13.8. The summed E-state index contributed by atoms with van der Waals surface area (Å²) in [6.07, 6.45) is 0.456. The van der Waals surface area contributed by atoms with Crippen LogP contribution in [0.25, 0.3) is 0 Å². The summed E-state index contributed by atoms with van der Waals surface area (Å²) in [5.41, 5.74) is 0.634. The van der Waals surface area contributed by atoms with Gasteiger partial charge in [-0.15, -0.1) is 22.7 Å². The van der Waals surface area contributed by atoms with Crippen molar-refractivity contribution in [2.45, 2.75) is 13.0 Å². The SMILES string of the molecule is O=C(NCc1cccs1)c1csc(C#CCCO)c1. The fourth-order valence-corrected chi connectivity index (χ4v) is 2.81. The van der Waals surface area contributed by atoms with E-state index in [-0.39, 0.29) is 12.5 Å². The van der Waals surface area contributed by atoms with Gasteiger partial charge in [0.15, 0.2) is 0 Å². The van der Waals surface area contributed by atoms with Crippen LogP contribution in [-0.4, -0.2) is 17.6 Å². The molecule has 5 heteroatoms. The fourth-order valence-electron chi connectivity index (χ4n) is 1.41. The van der Waals surface area contributed by atoms with Gasteiger partial charge in [0.2, 0.25) is 0 Å². The van der Waals surface area contributed by atoms with E-state index in [0.717, 1.165) is 9.75 Å². The van der Waals surface area contributed by atoms with Gasteiger partial charge in [0.05, 0.1) is 23.6 Å². The highest BCUT2D eigenvalue weighted by Gasteiger charge is 2.07. The molecule has 19 heavy (non-hydrogen) atoms. The van der Waals surface area contributed by atoms with Crippen molar-refractivity contribution in [1.29, 1.82) is 0 Å². The Morgan fingerprint density at radius 2 is 2.32 bits per heavy atom. The number of aliphatic hydroxyl groups excluding tert-OH is 1. The molecule has 2 rings (SSSR count). The van der Waals surface area contributed by atoms with E-state index in [4.69, 9.17) is 5.11 Å². The standard InChI is InChI=1S/C14H13NO2S2/c16-6-2-1-4-12-8-11(10-19-12)14(17)15-9-13-5-3-7-18-13/h3,5,7-8,10,16H,2,6,9H2,(H,15,17). The van der Waals surface area contributed by atoms with Crippen molar-refractivity contribution in [3.05, 3.63) is 44.3 Å². The summed E-state index contributed by atoms with van der Waals surface area (Å²) in [7, 11) is 0. The third-order valence-electron chi connectivity index (χ3n) is 2.31. The van der Waals surface area contributed by atoms with Gasteiger partial charge in [-0.2, -0.15) is 0 Å². The molecule has 0 spiro atoms. The number of thiophene rings is 2. The molecule has 0 aliphatic rings. The smallest absolute Gasteiger partial charge is 0.252 e. The predicted molar refractivity (Wildman–Crippen MR) is 78.4 cm³/mol. The lowest BCUT2D eigenvalue weighted by molar-refractivity contribution is 0.0951. The molecule has 1 amide bonds. The maximum Gasteiger partial charge on any atom is 0.252 e. The van der Waals surface area contributed by atoms with Crippen LogP contribution in [0.15, 0.2) is 29.0 Å². The van der Waals surface area contributed by atoms with E-state index < -0.39 is 0 Å². The molecular formula is C14H13NO2S2. The van der Waals surface area contributed by atoms with Crippen LogP contribution in [0.2, 0.25) is 0 Å². The molecule has 2 heterocycles. The lowest BCUT2D eigenvalue weighted by atomic mass is 10.3. The number of carbonyl (C=O) groups excluding carboxylic acids is 1. The zero-order valence-electron chi connectivity index (χ0n) is 10.2. The third-order valence-corrected chi connectivity index (χ3v) is 4.04. The van der Waals surface area contributed by atoms with Crippen LogP contribution < -0.4 is 5.32 Å². The number of nitrogens with one attached hydrogen (secondary N) is 1. The van der Waals surface area contributed by atoms with Crippen LogP contribution in [0.3, 0.4) is 0 Å². The number of carbonyl (C=O) groups is 1. The van der Waals surface area contributed by atoms with Crippen molar-refractivity contribution >= 4 is 28.6 Å². The first-order valence-corrected chi connectivity index (χ1v) is 7.54. The Labute approximate surface area is 119 Å². The maximum atomic E-state index is 11.9. The van der Waals surface area contributed by atoms with Gasteiger partial charge in [-0.3, -0.25) is 4.79 Å². The average molecular weight is 291 g/mol. The fraction of sp³-hybridized carbons (Fsp3) is 0.214. The van der Waals surface area contributed by atoms with E-state index >= 15 is 0 Å². The summed E-state index contributed by atoms with van der Waals surface area (Å²) in [4.78, 5) is 13.9. The Hall–Kier alpha value is -1.61. The molecule has 0 aliphatic carbocycles. The predicted octanol–water partition coefficient (Wildman–Crippen LogP) is 2.47. The second-order valence-corrected chi connectivity index (χ2v) is 5.68. The maximum absolute atomic E-state index is 11.9. The van der Waals surface area contributed by atoms with E-state index in [1.165, 1.54) is 11.3 Å². The molecule has 0 atom stereocenters. The van der Waals surface area contributed by atoms with E-state index in [1.807, 2.05) is 17.5 Å². The van der Waals surface area contributed by atoms with Gasteiger partial charge in [-0.1, -0.05) is 17.9 Å². The molecule has 98 valence electrons. The van der Waals surface area contributed by atoms with Crippen LogP contribution >= 0.6 is 22.7 Å². The first-order valence-electron chi connectivity index (χ1n) is 5.78. The third kappa shape index (κ3) is 4.21. The molecule has 0 aromatic carbocycles. The second kappa shape index (κ2) is 7.10. The van der Waals surface area contributed by atoms with Gasteiger partial charge in [-0.25, -0.2) is 0 Å². The number of amides is 1. The van der Waals surface area contributed by atoms with Crippen LogP contribution in [0, 0.1) is 11.8 Å². The highest BCUT2D eigenvalue weighted by molar-refractivity contribution is 7.10. The molecule has 0 saturated carbocycles. The lowest BCUT2D eigenvalue weighted by Gasteiger charge is -2.00. The van der Waals surface area contributed by atoms with Crippen LogP contribution in [0.1, 0.15) is 26.5 Å². The van der Waals surface area contributed by atoms with Crippen molar-refractivity contribution in [1.82, 2.24) is 5.32 Å². The highest BCUT2D eigenvalue weighted by Crippen LogP contribution is 2.14. The van der Waals surface area contributed by atoms with Gasteiger partial charge < -0.3 is 10.4 Å². The van der Waals surface area contributed by atoms with Crippen molar-refractivity contribution in [3.63, 3.8) is 0 Å². The van der Waals surface area contributed by atoms with Gasteiger partial charge in [0.25, 0.3) is 5.91 Å². The average Bonchev–Trinajstić information content (AvgIpc) is 3.07. The molecule has 0 aliphatic heterocycles. The Balaban J connectivity index is 1.91. The van der Waals surface area contributed by atoms with E-state index in [9.17, 15) is 4.79 Å². The molecular weight excluding hydrogens is 278 g/mol. The van der Waals surface area contributed by atoms with Crippen molar-refractivity contribution in [3.8, 4) is 11.8 Å². The number of rotatable bonds is 4. The molecule has 2 aromatic rings. The normalized spacial score (nSPS) is 9.74. The summed E-state index contributed by atoms with van der Waals surface area (Å²) < 4.78 is 0. The minimum absolute atomic E-state index is 0.0620. The molecule has 0 radical (unpaired) electrons. The molecule has 2 aromatic heterocycles. The zero-order chi connectivity index (χ0) is 13.5. The summed E-state index contributed by atoms with van der Waals surface area (Å²) in [5, 5.41) is 15.3. The summed E-state index contributed by atoms with van der Waals surface area (Å²) in [5.74, 6) is 5.68. The van der Waals surface area contributed by atoms with Gasteiger partial charge in [-0.05, 0) is 17.5 Å². The van der Waals surface area contributed by atoms with Crippen LogP contribution in [0.5, 0.6) is 0 Å². The van der Waals surface area contributed by atoms with Crippen LogP contribution in [0.4, 0.5) is 0 Å². The quantitative estimate of drug-likeness (QED) is 0.850. The van der Waals surface area contributed by atoms with Crippen LogP contribution in [-0.2, 0) is 6.54 Å². The Morgan fingerprint density at radius 1 is 1.42 bits per heavy atom. The van der Waals surface area contributed by atoms with Crippen molar-refractivity contribution in [2.75, 3.05) is 6.61 Å². The van der Waals surface area contributed by atoms with Crippen molar-refractivity contribution in [2.24, 2.45) is 0 Å². The van der Waals surface area contributed by atoms with Gasteiger partial charge >= 0.3 is 0 Å². The molecule has 0 unspecified atom stereocenters. The molecule has 0 saturated heterocycles. The van der Waals surface area contributed by atoms with E-state index in [2.05, 4.69) is 17.2 Å². The van der Waals surface area contributed by atoms with Gasteiger partial charge in [0.1, 0.15) is 0 Å². The molecule has 3 nitrogen and oxygen atoms in total. The second-order valence-electron chi connectivity index (χ2n) is 3.74. The van der Waals surface area contributed by atoms with E-state index in [1.54, 1.807) is 22.8 Å². The summed E-state index contributed by atoms with van der Waals surface area (Å²) in [6, 6.07) is 5.73. The molecule has 0 fully saturated rings. The van der Waals surface area contributed by atoms with Crippen molar-refractivity contribution < 1.29 is 9.90 Å². The number of hydrogen-bond acceptors (Lipinski definition) is 4. The number of hydrogen-bond donors (Lipinski definition) is 2. The minimum atomic E-state index is -0.0835. The molecule has 2 N–H and O–H groups in total. The largest absolute Gasteiger partial charge is 0.395 e. The Kier molecular flexibility index (Phi) is 5.16. The minimum Gasteiger partial charge on any atom is -0.395 e. The Bertz CT molecular complexity index is 590. The zero-order valence-corrected chi connectivity index (χ0v) is 11.8. The Morgan fingerprint density at radius 3 is 3.05 bits per heavy atom. The summed E-state index contributed by atoms with van der Waals surface area (Å²) in [6.45, 7) is 0.615. The lowest BCUT2D eigenvalue weighted by Crippen LogP contribution is -2.21.